The van der Waals surface area contributed by atoms with E-state index in [4.69, 9.17) is 0 Å². The summed E-state index contributed by atoms with van der Waals surface area (Å²) >= 11 is 1.60. The molecule has 2 aliphatic rings. The lowest BCUT2D eigenvalue weighted by molar-refractivity contribution is 0.0733. The third-order valence-electron chi connectivity index (χ3n) is 6.21. The Balaban J connectivity index is 1.40. The zero-order chi connectivity index (χ0) is 20.7. The molecular weight excluding hydrogens is 392 g/mol. The topological polar surface area (TPSA) is 58.1 Å². The minimum atomic E-state index is 0.0611. The molecule has 1 amide bonds. The third-order valence-corrected chi connectivity index (χ3v) is 7.23. The number of hydrogen-bond acceptors (Lipinski definition) is 5. The molecule has 3 heterocycles. The molecule has 30 heavy (non-hydrogen) atoms. The first-order chi connectivity index (χ1) is 14.5. The molecule has 5 rings (SSSR count). The van der Waals surface area contributed by atoms with Gasteiger partial charge in [0.2, 0.25) is 0 Å². The Hall–Kier alpha value is -2.73. The first-order valence-corrected chi connectivity index (χ1v) is 11.4. The summed E-state index contributed by atoms with van der Waals surface area (Å²) in [6.07, 6.45) is 3.50. The minimum Gasteiger partial charge on any atom is -0.368 e. The van der Waals surface area contributed by atoms with Crippen molar-refractivity contribution in [2.75, 3.05) is 18.4 Å². The van der Waals surface area contributed by atoms with Gasteiger partial charge in [-0.1, -0.05) is 36.4 Å². The first kappa shape index (κ1) is 19.2. The van der Waals surface area contributed by atoms with E-state index >= 15 is 0 Å². The zero-order valence-corrected chi connectivity index (χ0v) is 18.2. The van der Waals surface area contributed by atoms with Crippen molar-refractivity contribution >= 4 is 23.1 Å². The van der Waals surface area contributed by atoms with Crippen LogP contribution in [0.15, 0.2) is 48.5 Å². The van der Waals surface area contributed by atoms with Crippen molar-refractivity contribution < 1.29 is 4.79 Å². The SMILES string of the molecule is Cc1cccc(NC[C@@H]2CC3(CC3)CN2C(=O)c2nc(C)sc2-c2ccccc2)n1. The predicted molar refractivity (Wildman–Crippen MR) is 121 cm³/mol. The van der Waals surface area contributed by atoms with Crippen LogP contribution in [0, 0.1) is 19.3 Å². The van der Waals surface area contributed by atoms with E-state index in [-0.39, 0.29) is 11.9 Å². The number of amides is 1. The van der Waals surface area contributed by atoms with Crippen LogP contribution in [0.1, 0.15) is 40.5 Å². The highest BCUT2D eigenvalue weighted by Gasteiger charge is 2.53. The Bertz CT molecular complexity index is 1070. The van der Waals surface area contributed by atoms with Crippen molar-refractivity contribution in [2.24, 2.45) is 5.41 Å². The van der Waals surface area contributed by atoms with Crippen molar-refractivity contribution in [2.45, 2.75) is 39.2 Å². The fourth-order valence-electron chi connectivity index (χ4n) is 4.48. The molecule has 1 N–H and O–H groups in total. The summed E-state index contributed by atoms with van der Waals surface area (Å²) in [7, 11) is 0. The van der Waals surface area contributed by atoms with Gasteiger partial charge >= 0.3 is 0 Å². The van der Waals surface area contributed by atoms with Crippen molar-refractivity contribution in [1.29, 1.82) is 0 Å². The number of anilines is 1. The molecule has 1 aromatic carbocycles. The van der Waals surface area contributed by atoms with Gasteiger partial charge in [0, 0.05) is 24.8 Å². The van der Waals surface area contributed by atoms with Crippen LogP contribution in [0.2, 0.25) is 0 Å². The van der Waals surface area contributed by atoms with Crippen LogP contribution in [0.25, 0.3) is 10.4 Å². The Labute approximate surface area is 181 Å². The molecule has 1 spiro atoms. The number of nitrogens with one attached hydrogen (secondary N) is 1. The minimum absolute atomic E-state index is 0.0611. The molecule has 1 saturated heterocycles. The van der Waals surface area contributed by atoms with Crippen LogP contribution >= 0.6 is 11.3 Å². The van der Waals surface area contributed by atoms with Crippen LogP contribution in [0.3, 0.4) is 0 Å². The Morgan fingerprint density at radius 2 is 1.93 bits per heavy atom. The van der Waals surface area contributed by atoms with Crippen molar-refractivity contribution in [3.05, 3.63) is 64.9 Å². The predicted octanol–water partition coefficient (Wildman–Crippen LogP) is 4.93. The lowest BCUT2D eigenvalue weighted by Crippen LogP contribution is -2.40. The number of hydrogen-bond donors (Lipinski definition) is 1. The van der Waals surface area contributed by atoms with E-state index < -0.39 is 0 Å². The second kappa shape index (κ2) is 7.51. The van der Waals surface area contributed by atoms with Gasteiger partial charge in [-0.05, 0) is 56.2 Å². The van der Waals surface area contributed by atoms with Crippen molar-refractivity contribution in [3.63, 3.8) is 0 Å². The van der Waals surface area contributed by atoms with Crippen molar-refractivity contribution in [3.8, 4) is 10.4 Å². The van der Waals surface area contributed by atoms with Gasteiger partial charge in [-0.25, -0.2) is 9.97 Å². The molecule has 1 aliphatic heterocycles. The molecule has 5 nitrogen and oxygen atoms in total. The quantitative estimate of drug-likeness (QED) is 0.638. The molecule has 6 heteroatoms. The number of nitrogens with zero attached hydrogens (tertiary/aromatic N) is 3. The highest BCUT2D eigenvalue weighted by Crippen LogP contribution is 2.55. The second-order valence-corrected chi connectivity index (χ2v) is 9.82. The number of carbonyl (C=O) groups is 1. The van der Waals surface area contributed by atoms with Crippen molar-refractivity contribution in [1.82, 2.24) is 14.9 Å². The maximum absolute atomic E-state index is 13.7. The molecular formula is C24H26N4OS. The molecule has 0 unspecified atom stereocenters. The van der Waals surface area contributed by atoms with Crippen LogP contribution in [-0.4, -0.2) is 39.9 Å². The third kappa shape index (κ3) is 3.72. The molecule has 2 fully saturated rings. The summed E-state index contributed by atoms with van der Waals surface area (Å²) in [6, 6.07) is 16.3. The highest BCUT2D eigenvalue weighted by atomic mass is 32.1. The van der Waals surface area contributed by atoms with E-state index in [1.165, 1.54) is 12.8 Å². The largest absolute Gasteiger partial charge is 0.368 e. The van der Waals surface area contributed by atoms with E-state index in [1.54, 1.807) is 11.3 Å². The van der Waals surface area contributed by atoms with E-state index in [2.05, 4.69) is 32.3 Å². The van der Waals surface area contributed by atoms with E-state index in [1.807, 2.05) is 50.2 Å². The molecule has 1 aliphatic carbocycles. The average Bonchev–Trinajstić information content (AvgIpc) is 3.23. The molecule has 0 radical (unpaired) electrons. The number of rotatable bonds is 5. The van der Waals surface area contributed by atoms with E-state index in [0.29, 0.717) is 17.7 Å². The van der Waals surface area contributed by atoms with E-state index in [9.17, 15) is 4.79 Å². The molecule has 2 aromatic heterocycles. The summed E-state index contributed by atoms with van der Waals surface area (Å²) < 4.78 is 0. The fourth-order valence-corrected chi connectivity index (χ4v) is 5.40. The first-order valence-electron chi connectivity index (χ1n) is 10.5. The molecule has 3 aromatic rings. The summed E-state index contributed by atoms with van der Waals surface area (Å²) in [5, 5.41) is 4.39. The molecule has 154 valence electrons. The number of thiazole rings is 1. The van der Waals surface area contributed by atoms with Gasteiger partial charge in [0.15, 0.2) is 0 Å². The summed E-state index contributed by atoms with van der Waals surface area (Å²) in [4.78, 5) is 25.9. The smallest absolute Gasteiger partial charge is 0.274 e. The number of pyridine rings is 1. The van der Waals surface area contributed by atoms with E-state index in [0.717, 1.165) is 39.9 Å². The summed E-state index contributed by atoms with van der Waals surface area (Å²) in [5.41, 5.74) is 2.97. The van der Waals surface area contributed by atoms with Gasteiger partial charge in [0.05, 0.1) is 9.88 Å². The van der Waals surface area contributed by atoms with Gasteiger partial charge in [-0.15, -0.1) is 11.3 Å². The van der Waals surface area contributed by atoms with Gasteiger partial charge in [-0.3, -0.25) is 4.79 Å². The Morgan fingerprint density at radius 3 is 2.67 bits per heavy atom. The average molecular weight is 419 g/mol. The normalized spacial score (nSPS) is 19.3. The number of likely N-dealkylation sites (tertiary alicyclic amines) is 1. The monoisotopic (exact) mass is 418 g/mol. The fraction of sp³-hybridized carbons (Fsp3) is 0.375. The lowest BCUT2D eigenvalue weighted by atomic mass is 10.0. The van der Waals surface area contributed by atoms with Crippen LogP contribution in [0.5, 0.6) is 0 Å². The Kier molecular flexibility index (Phi) is 4.82. The number of aryl methyl sites for hydroxylation is 2. The van der Waals surface area contributed by atoms with Gasteiger partial charge in [0.25, 0.3) is 5.91 Å². The van der Waals surface area contributed by atoms with Gasteiger partial charge in [-0.2, -0.15) is 0 Å². The maximum atomic E-state index is 13.7. The number of aromatic nitrogens is 2. The number of benzene rings is 1. The molecule has 1 atom stereocenters. The highest BCUT2D eigenvalue weighted by molar-refractivity contribution is 7.15. The summed E-state index contributed by atoms with van der Waals surface area (Å²) in [6.45, 7) is 5.52. The molecule has 0 bridgehead atoms. The van der Waals surface area contributed by atoms with Crippen LogP contribution in [0.4, 0.5) is 5.82 Å². The van der Waals surface area contributed by atoms with Gasteiger partial charge in [0.1, 0.15) is 11.5 Å². The lowest BCUT2D eigenvalue weighted by Gasteiger charge is -2.25. The molecule has 1 saturated carbocycles. The Morgan fingerprint density at radius 1 is 1.13 bits per heavy atom. The van der Waals surface area contributed by atoms with Gasteiger partial charge < -0.3 is 10.2 Å². The summed E-state index contributed by atoms with van der Waals surface area (Å²) in [5.74, 6) is 0.930. The van der Waals surface area contributed by atoms with Crippen LogP contribution in [-0.2, 0) is 0 Å². The van der Waals surface area contributed by atoms with Crippen LogP contribution < -0.4 is 5.32 Å². The standard InChI is InChI=1S/C24H26N4OS/c1-16-7-6-10-20(26-16)25-14-19-13-24(11-12-24)15-28(19)23(29)21-22(30-17(2)27-21)18-8-4-3-5-9-18/h3-10,19H,11-15H2,1-2H3,(H,25,26)/t19-/m0/s1. The zero-order valence-electron chi connectivity index (χ0n) is 17.4. The number of carbonyl (C=O) groups excluding carboxylic acids is 1. The maximum Gasteiger partial charge on any atom is 0.274 e. The second-order valence-electron chi connectivity index (χ2n) is 8.61.